The molecule has 1 saturated heterocycles. The van der Waals surface area contributed by atoms with Gasteiger partial charge in [-0.2, -0.15) is 0 Å². The molecule has 1 fully saturated rings. The highest BCUT2D eigenvalue weighted by Gasteiger charge is 2.38. The summed E-state index contributed by atoms with van der Waals surface area (Å²) in [6, 6.07) is 8.67. The Hall–Kier alpha value is -1.57. The number of carbonyl (C=O) groups excluding carboxylic acids is 1. The predicted molar refractivity (Wildman–Crippen MR) is 82.4 cm³/mol. The van der Waals surface area contributed by atoms with Gasteiger partial charge in [-0.15, -0.1) is 0 Å². The van der Waals surface area contributed by atoms with Gasteiger partial charge in [0.2, 0.25) is 5.91 Å². The van der Waals surface area contributed by atoms with Crippen LogP contribution in [0.3, 0.4) is 0 Å². The molecule has 106 valence electrons. The van der Waals surface area contributed by atoms with E-state index in [1.165, 1.54) is 11.1 Å². The number of hydrogen-bond donors (Lipinski definition) is 0. The van der Waals surface area contributed by atoms with E-state index in [1.54, 1.807) is 0 Å². The molecule has 2 nitrogen and oxygen atoms in total. The second-order valence-corrected chi connectivity index (χ2v) is 6.56. The third kappa shape index (κ3) is 2.28. The van der Waals surface area contributed by atoms with Crippen molar-refractivity contribution in [1.82, 2.24) is 4.90 Å². The third-order valence-corrected chi connectivity index (χ3v) is 4.67. The molecule has 20 heavy (non-hydrogen) atoms. The maximum Gasteiger partial charge on any atom is 0.222 e. The number of fused-ring (bicyclic) bond motifs is 2. The first-order valence-corrected chi connectivity index (χ1v) is 7.67. The van der Waals surface area contributed by atoms with E-state index in [0.29, 0.717) is 18.2 Å². The summed E-state index contributed by atoms with van der Waals surface area (Å²) in [5, 5.41) is 0. The van der Waals surface area contributed by atoms with Gasteiger partial charge in [0.05, 0.1) is 0 Å². The number of nitrogens with zero attached hydrogens (tertiary/aromatic N) is 1. The molecule has 1 aliphatic carbocycles. The van der Waals surface area contributed by atoms with E-state index < -0.39 is 0 Å². The molecule has 0 unspecified atom stereocenters. The van der Waals surface area contributed by atoms with Crippen molar-refractivity contribution in [3.63, 3.8) is 0 Å². The number of likely N-dealkylation sites (tertiary alicyclic amines) is 1. The third-order valence-electron chi connectivity index (χ3n) is 4.67. The fraction of sp³-hybridized carbons (Fsp3) is 0.500. The molecule has 2 heteroatoms. The van der Waals surface area contributed by atoms with Gasteiger partial charge < -0.3 is 4.90 Å². The quantitative estimate of drug-likeness (QED) is 0.803. The van der Waals surface area contributed by atoms with E-state index in [0.717, 1.165) is 25.9 Å². The van der Waals surface area contributed by atoms with Crippen molar-refractivity contribution in [2.75, 3.05) is 13.1 Å². The van der Waals surface area contributed by atoms with Gasteiger partial charge in [-0.25, -0.2) is 0 Å². The van der Waals surface area contributed by atoms with Crippen molar-refractivity contribution in [1.29, 1.82) is 0 Å². The number of allylic oxidation sites excluding steroid dienone is 1. The molecular formula is C18H23NO. The van der Waals surface area contributed by atoms with Crippen molar-refractivity contribution in [2.45, 2.75) is 38.5 Å². The van der Waals surface area contributed by atoms with Gasteiger partial charge in [0.25, 0.3) is 0 Å². The Morgan fingerprint density at radius 3 is 2.65 bits per heavy atom. The lowest BCUT2D eigenvalue weighted by molar-refractivity contribution is -0.133. The molecule has 1 heterocycles. The van der Waals surface area contributed by atoms with E-state index in [2.05, 4.69) is 55.2 Å². The first-order valence-electron chi connectivity index (χ1n) is 7.67. The summed E-state index contributed by atoms with van der Waals surface area (Å²) in [4.78, 5) is 14.2. The van der Waals surface area contributed by atoms with Gasteiger partial charge in [-0.05, 0) is 29.9 Å². The molecule has 2 aliphatic rings. The minimum atomic E-state index is 0.186. The van der Waals surface area contributed by atoms with E-state index in [9.17, 15) is 4.79 Å². The Bertz CT molecular complexity index is 536. The summed E-state index contributed by atoms with van der Waals surface area (Å²) in [7, 11) is 0. The minimum absolute atomic E-state index is 0.186. The summed E-state index contributed by atoms with van der Waals surface area (Å²) in [6.07, 6.45) is 7.41. The molecule has 0 aromatic heterocycles. The average Bonchev–Trinajstić information content (AvgIpc) is 2.78. The van der Waals surface area contributed by atoms with Crippen LogP contribution in [0.2, 0.25) is 0 Å². The van der Waals surface area contributed by atoms with Gasteiger partial charge in [-0.1, -0.05) is 50.3 Å². The topological polar surface area (TPSA) is 20.3 Å². The van der Waals surface area contributed by atoms with E-state index in [-0.39, 0.29) is 5.41 Å². The Morgan fingerprint density at radius 2 is 1.95 bits per heavy atom. The highest BCUT2D eigenvalue weighted by molar-refractivity contribution is 5.76. The number of benzene rings is 1. The van der Waals surface area contributed by atoms with Crippen molar-refractivity contribution in [3.8, 4) is 0 Å². The molecular weight excluding hydrogens is 246 g/mol. The van der Waals surface area contributed by atoms with Crippen LogP contribution in [-0.2, 0) is 10.2 Å². The molecule has 1 aliphatic heterocycles. The predicted octanol–water partition coefficient (Wildman–Crippen LogP) is 3.62. The Balaban J connectivity index is 1.71. The molecule has 1 spiro atoms. The summed E-state index contributed by atoms with van der Waals surface area (Å²) in [5.74, 6) is 0.774. The summed E-state index contributed by atoms with van der Waals surface area (Å²) >= 11 is 0. The number of amides is 1. The Morgan fingerprint density at radius 1 is 1.25 bits per heavy atom. The lowest BCUT2D eigenvalue weighted by atomic mass is 9.74. The van der Waals surface area contributed by atoms with E-state index in [1.807, 2.05) is 0 Å². The monoisotopic (exact) mass is 269 g/mol. The van der Waals surface area contributed by atoms with Gasteiger partial charge in [0.15, 0.2) is 0 Å². The van der Waals surface area contributed by atoms with Crippen molar-refractivity contribution in [2.24, 2.45) is 5.92 Å². The van der Waals surface area contributed by atoms with Crippen LogP contribution in [0.4, 0.5) is 0 Å². The molecule has 0 saturated carbocycles. The van der Waals surface area contributed by atoms with E-state index in [4.69, 9.17) is 0 Å². The Labute approximate surface area is 121 Å². The largest absolute Gasteiger partial charge is 0.343 e. The summed E-state index contributed by atoms with van der Waals surface area (Å²) in [6.45, 7) is 6.01. The highest BCUT2D eigenvalue weighted by atomic mass is 16.2. The van der Waals surface area contributed by atoms with Gasteiger partial charge in [0, 0.05) is 24.9 Å². The SMILES string of the molecule is CC(C)CC(=O)N1CCC2(C=Cc3ccccc32)CC1. The lowest BCUT2D eigenvalue weighted by Crippen LogP contribution is -2.44. The van der Waals surface area contributed by atoms with Crippen LogP contribution in [0.5, 0.6) is 0 Å². The second kappa shape index (κ2) is 5.08. The van der Waals surface area contributed by atoms with Crippen LogP contribution in [0, 0.1) is 5.92 Å². The molecule has 0 bridgehead atoms. The van der Waals surface area contributed by atoms with Gasteiger partial charge in [-0.3, -0.25) is 4.79 Å². The highest BCUT2D eigenvalue weighted by Crippen LogP contribution is 2.43. The minimum Gasteiger partial charge on any atom is -0.343 e. The molecule has 3 rings (SSSR count). The molecule has 0 atom stereocenters. The van der Waals surface area contributed by atoms with Crippen molar-refractivity contribution in [3.05, 3.63) is 41.5 Å². The zero-order chi connectivity index (χ0) is 14.2. The number of hydrogen-bond acceptors (Lipinski definition) is 1. The van der Waals surface area contributed by atoms with Crippen LogP contribution in [0.1, 0.15) is 44.2 Å². The van der Waals surface area contributed by atoms with Crippen LogP contribution >= 0.6 is 0 Å². The van der Waals surface area contributed by atoms with Gasteiger partial charge in [0.1, 0.15) is 0 Å². The molecule has 1 amide bonds. The van der Waals surface area contributed by atoms with Gasteiger partial charge >= 0.3 is 0 Å². The zero-order valence-electron chi connectivity index (χ0n) is 12.4. The van der Waals surface area contributed by atoms with Crippen LogP contribution < -0.4 is 0 Å². The molecule has 0 radical (unpaired) electrons. The standard InChI is InChI=1S/C18H23NO/c1-14(2)13-17(20)19-11-9-18(10-12-19)8-7-15-5-3-4-6-16(15)18/h3-8,14H,9-13H2,1-2H3. The van der Waals surface area contributed by atoms with Crippen molar-refractivity contribution < 1.29 is 4.79 Å². The fourth-order valence-electron chi connectivity index (χ4n) is 3.50. The summed E-state index contributed by atoms with van der Waals surface area (Å²) < 4.78 is 0. The normalized spacial score (nSPS) is 19.6. The number of rotatable bonds is 2. The molecule has 1 aromatic rings. The maximum atomic E-state index is 12.2. The average molecular weight is 269 g/mol. The van der Waals surface area contributed by atoms with Crippen LogP contribution in [0.25, 0.3) is 6.08 Å². The second-order valence-electron chi connectivity index (χ2n) is 6.56. The zero-order valence-corrected chi connectivity index (χ0v) is 12.4. The number of piperidine rings is 1. The van der Waals surface area contributed by atoms with Crippen LogP contribution in [-0.4, -0.2) is 23.9 Å². The van der Waals surface area contributed by atoms with Crippen molar-refractivity contribution >= 4 is 12.0 Å². The molecule has 0 N–H and O–H groups in total. The maximum absolute atomic E-state index is 12.2. The Kier molecular flexibility index (Phi) is 3.41. The van der Waals surface area contributed by atoms with Crippen LogP contribution in [0.15, 0.2) is 30.3 Å². The smallest absolute Gasteiger partial charge is 0.222 e. The fourth-order valence-corrected chi connectivity index (χ4v) is 3.50. The number of carbonyl (C=O) groups is 1. The first kappa shape index (κ1) is 13.4. The lowest BCUT2D eigenvalue weighted by Gasteiger charge is -2.39. The summed E-state index contributed by atoms with van der Waals surface area (Å²) in [5.41, 5.74) is 3.00. The van der Waals surface area contributed by atoms with E-state index >= 15 is 0 Å². The first-order chi connectivity index (χ1) is 9.61. The molecule has 1 aromatic carbocycles.